The Morgan fingerprint density at radius 1 is 0.500 bits per heavy atom. The second kappa shape index (κ2) is 14.0. The summed E-state index contributed by atoms with van der Waals surface area (Å²) in [5.41, 5.74) is 18.0. The molecule has 1 atom stereocenters. The van der Waals surface area contributed by atoms with Crippen LogP contribution in [-0.4, -0.2) is 19.1 Å². The Kier molecular flexibility index (Phi) is 8.03. The Hall–Kier alpha value is -7.67. The minimum atomic E-state index is -0.0899. The molecule has 10 aromatic rings. The highest BCUT2D eigenvalue weighted by molar-refractivity contribution is 7.00. The van der Waals surface area contributed by atoms with Gasteiger partial charge in [-0.05, 0) is 86.0 Å². The van der Waals surface area contributed by atoms with Gasteiger partial charge in [0.15, 0.2) is 0 Å². The molecule has 0 fully saturated rings. The van der Waals surface area contributed by atoms with E-state index in [1.54, 1.807) is 0 Å². The van der Waals surface area contributed by atoms with Crippen molar-refractivity contribution >= 4 is 67.9 Å². The SMILES string of the molecule is C(=C1c2ccccc2-c2cc(-c3cc4c(c5ccccc5n4C4=CC(c5ccccc5)NC(c5ccccc5)=N4)c4nsnc34)ccc21)c1ccccc1-c1ccccc1. The van der Waals surface area contributed by atoms with E-state index >= 15 is 0 Å². The molecule has 2 aromatic heterocycles. The molecular formula is C54H35N5S. The molecule has 1 aliphatic heterocycles. The van der Waals surface area contributed by atoms with E-state index < -0.39 is 0 Å². The van der Waals surface area contributed by atoms with Crippen LogP contribution in [0.4, 0.5) is 0 Å². The van der Waals surface area contributed by atoms with Crippen LogP contribution in [0.3, 0.4) is 0 Å². The molecule has 282 valence electrons. The first-order valence-corrected chi connectivity index (χ1v) is 21.0. The minimum absolute atomic E-state index is 0.0899. The number of hydrogen-bond acceptors (Lipinski definition) is 5. The van der Waals surface area contributed by atoms with Crippen molar-refractivity contribution in [2.45, 2.75) is 6.04 Å². The maximum absolute atomic E-state index is 5.37. The summed E-state index contributed by atoms with van der Waals surface area (Å²) in [6.45, 7) is 0. The predicted octanol–water partition coefficient (Wildman–Crippen LogP) is 13.3. The lowest BCUT2D eigenvalue weighted by atomic mass is 9.94. The van der Waals surface area contributed by atoms with Gasteiger partial charge in [-0.3, -0.25) is 4.57 Å². The lowest BCUT2D eigenvalue weighted by Gasteiger charge is -2.25. The first-order chi connectivity index (χ1) is 29.8. The number of para-hydroxylation sites is 1. The quantitative estimate of drug-likeness (QED) is 0.183. The largest absolute Gasteiger partial charge is 0.359 e. The van der Waals surface area contributed by atoms with E-state index in [-0.39, 0.29) is 6.04 Å². The van der Waals surface area contributed by atoms with Crippen LogP contribution >= 0.6 is 11.7 Å². The Morgan fingerprint density at radius 2 is 1.15 bits per heavy atom. The molecule has 6 heteroatoms. The first kappa shape index (κ1) is 34.4. The number of fused-ring (bicyclic) bond motifs is 8. The van der Waals surface area contributed by atoms with E-state index in [9.17, 15) is 0 Å². The summed E-state index contributed by atoms with van der Waals surface area (Å²) >= 11 is 1.27. The van der Waals surface area contributed by atoms with Crippen LogP contribution in [0.1, 0.15) is 33.9 Å². The molecule has 2 aliphatic rings. The number of aromatic nitrogens is 3. The van der Waals surface area contributed by atoms with Gasteiger partial charge in [-0.15, -0.1) is 0 Å². The molecule has 0 amide bonds. The van der Waals surface area contributed by atoms with Gasteiger partial charge in [-0.25, -0.2) is 4.99 Å². The Morgan fingerprint density at radius 3 is 1.97 bits per heavy atom. The first-order valence-electron chi connectivity index (χ1n) is 20.2. The van der Waals surface area contributed by atoms with E-state index in [0.717, 1.165) is 61.2 Å². The van der Waals surface area contributed by atoms with Crippen molar-refractivity contribution in [3.63, 3.8) is 0 Å². The molecule has 0 bridgehead atoms. The summed E-state index contributed by atoms with van der Waals surface area (Å²) in [6, 6.07) is 66.8. The maximum atomic E-state index is 5.37. The number of benzene rings is 8. The van der Waals surface area contributed by atoms with Crippen molar-refractivity contribution in [3.05, 3.63) is 222 Å². The van der Waals surface area contributed by atoms with Crippen molar-refractivity contribution in [3.8, 4) is 33.4 Å². The third kappa shape index (κ3) is 5.57. The molecule has 60 heavy (non-hydrogen) atoms. The fourth-order valence-electron chi connectivity index (χ4n) is 9.16. The van der Waals surface area contributed by atoms with Gasteiger partial charge in [0.1, 0.15) is 22.7 Å². The summed E-state index contributed by atoms with van der Waals surface area (Å²) in [6.07, 6.45) is 4.60. The Balaban J connectivity index is 1.06. The molecule has 5 nitrogen and oxygen atoms in total. The van der Waals surface area contributed by atoms with E-state index in [1.165, 1.54) is 61.8 Å². The molecule has 0 spiro atoms. The van der Waals surface area contributed by atoms with Gasteiger partial charge in [0.05, 0.1) is 28.8 Å². The van der Waals surface area contributed by atoms with Gasteiger partial charge in [0.25, 0.3) is 0 Å². The van der Waals surface area contributed by atoms with Crippen LogP contribution in [0.2, 0.25) is 0 Å². The van der Waals surface area contributed by atoms with Crippen molar-refractivity contribution in [2.75, 3.05) is 0 Å². The third-order valence-corrected chi connectivity index (χ3v) is 12.4. The van der Waals surface area contributed by atoms with Gasteiger partial charge in [0.2, 0.25) is 0 Å². The molecule has 0 saturated carbocycles. The number of nitrogens with one attached hydrogen (secondary N) is 1. The summed E-state index contributed by atoms with van der Waals surface area (Å²) < 4.78 is 12.3. The van der Waals surface area contributed by atoms with Gasteiger partial charge in [-0.1, -0.05) is 170 Å². The fraction of sp³-hybridized carbons (Fsp3) is 0.0185. The zero-order chi connectivity index (χ0) is 39.6. The molecule has 12 rings (SSSR count). The molecule has 0 saturated heterocycles. The lowest BCUT2D eigenvalue weighted by molar-refractivity contribution is 0.773. The monoisotopic (exact) mass is 785 g/mol. The molecule has 1 aliphatic carbocycles. The van der Waals surface area contributed by atoms with E-state index in [2.05, 4.69) is 204 Å². The summed E-state index contributed by atoms with van der Waals surface area (Å²) in [4.78, 5) is 5.37. The zero-order valence-corrected chi connectivity index (χ0v) is 33.1. The van der Waals surface area contributed by atoms with Crippen molar-refractivity contribution in [1.29, 1.82) is 0 Å². The highest BCUT2D eigenvalue weighted by Gasteiger charge is 2.27. The molecule has 1 N–H and O–H groups in total. The number of amidine groups is 1. The van der Waals surface area contributed by atoms with Crippen molar-refractivity contribution < 1.29 is 0 Å². The molecule has 8 aromatic carbocycles. The van der Waals surface area contributed by atoms with Gasteiger partial charge in [0, 0.05) is 21.9 Å². The van der Waals surface area contributed by atoms with Crippen LogP contribution in [0.5, 0.6) is 0 Å². The van der Waals surface area contributed by atoms with Crippen LogP contribution in [0.25, 0.3) is 83.7 Å². The third-order valence-electron chi connectivity index (χ3n) is 11.9. The van der Waals surface area contributed by atoms with E-state index in [0.29, 0.717) is 0 Å². The summed E-state index contributed by atoms with van der Waals surface area (Å²) in [5.74, 6) is 1.69. The minimum Gasteiger partial charge on any atom is -0.359 e. The van der Waals surface area contributed by atoms with Crippen LogP contribution in [0.15, 0.2) is 199 Å². The normalized spacial score (nSPS) is 15.2. The Labute approximate surface area is 351 Å². The van der Waals surface area contributed by atoms with Crippen LogP contribution in [-0.2, 0) is 0 Å². The molecule has 0 radical (unpaired) electrons. The van der Waals surface area contributed by atoms with E-state index in [4.69, 9.17) is 13.7 Å². The number of aliphatic imine (C=N–C) groups is 1. The Bertz CT molecular complexity index is 3390. The molecular weight excluding hydrogens is 751 g/mol. The van der Waals surface area contributed by atoms with Crippen LogP contribution < -0.4 is 5.32 Å². The predicted molar refractivity (Wildman–Crippen MR) is 250 cm³/mol. The smallest absolute Gasteiger partial charge is 0.138 e. The summed E-state index contributed by atoms with van der Waals surface area (Å²) in [5, 5.41) is 5.94. The van der Waals surface area contributed by atoms with Crippen molar-refractivity contribution in [1.82, 2.24) is 18.6 Å². The lowest BCUT2D eigenvalue weighted by Crippen LogP contribution is -2.31. The van der Waals surface area contributed by atoms with Crippen molar-refractivity contribution in [2.24, 2.45) is 4.99 Å². The van der Waals surface area contributed by atoms with Gasteiger partial charge in [-0.2, -0.15) is 8.75 Å². The topological polar surface area (TPSA) is 55.1 Å². The standard InChI is InChI=1S/C54H35N5S/c1-4-16-34(17-5-1)39-23-11-10-22-37(39)30-45-40-24-12-13-25-41(40)46-31-38(28-29-42(45)46)44-32-49-51(53-52(44)57-60-58-53)43-26-14-15-27-48(43)59(49)50-33-47(35-18-6-2-7-19-35)55-54(56-50)36-20-8-3-9-21-36/h1-33,47H,(H,55,56). The maximum Gasteiger partial charge on any atom is 0.138 e. The second-order valence-corrected chi connectivity index (χ2v) is 15.9. The number of rotatable bonds is 6. The molecule has 3 heterocycles. The second-order valence-electron chi connectivity index (χ2n) is 15.3. The number of hydrogen-bond donors (Lipinski definition) is 1. The van der Waals surface area contributed by atoms with Gasteiger partial charge < -0.3 is 5.32 Å². The fourth-order valence-corrected chi connectivity index (χ4v) is 9.73. The average Bonchev–Trinajstić information content (AvgIpc) is 4.03. The highest BCUT2D eigenvalue weighted by Crippen LogP contribution is 2.48. The number of nitrogens with zero attached hydrogens (tertiary/aromatic N) is 4. The average molecular weight is 786 g/mol. The van der Waals surface area contributed by atoms with Gasteiger partial charge >= 0.3 is 0 Å². The molecule has 1 unspecified atom stereocenters. The van der Waals surface area contributed by atoms with E-state index in [1.807, 2.05) is 6.07 Å². The summed E-state index contributed by atoms with van der Waals surface area (Å²) in [7, 11) is 0. The highest BCUT2D eigenvalue weighted by atomic mass is 32.1. The van der Waals surface area contributed by atoms with Crippen LogP contribution in [0, 0.1) is 0 Å². The zero-order valence-electron chi connectivity index (χ0n) is 32.3.